The Morgan fingerprint density at radius 2 is 0.672 bits per heavy atom. The van der Waals surface area contributed by atoms with Crippen LogP contribution < -0.4 is 0 Å². The van der Waals surface area contributed by atoms with Gasteiger partial charge in [0.1, 0.15) is 0 Å². The third-order valence-electron chi connectivity index (χ3n) is 11.3. The Morgan fingerprint density at radius 3 is 1.38 bits per heavy atom. The molecule has 0 aliphatic carbocycles. The maximum Gasteiger partial charge on any atom is 0.164 e. The van der Waals surface area contributed by atoms with Crippen LogP contribution in [-0.2, 0) is 0 Å². The van der Waals surface area contributed by atoms with Gasteiger partial charge in [0.25, 0.3) is 0 Å². The second kappa shape index (κ2) is 14.1. The van der Waals surface area contributed by atoms with Crippen LogP contribution in [0.3, 0.4) is 0 Å². The van der Waals surface area contributed by atoms with Crippen molar-refractivity contribution in [1.82, 2.24) is 15.0 Å². The number of nitrogens with zero attached hydrogens (tertiary/aromatic N) is 3. The first-order chi connectivity index (χ1) is 28.7. The molecule has 10 aromatic carbocycles. The van der Waals surface area contributed by atoms with E-state index in [1.165, 1.54) is 54.6 Å². The molecule has 11 aromatic rings. The fraction of sp³-hybridized carbons (Fsp3) is 0. The van der Waals surface area contributed by atoms with Gasteiger partial charge in [0.05, 0.1) is 0 Å². The number of hydrogen-bond donors (Lipinski definition) is 0. The highest BCUT2D eigenvalue weighted by Gasteiger charge is 2.16. The molecule has 0 N–H and O–H groups in total. The van der Waals surface area contributed by atoms with E-state index >= 15 is 0 Å². The SMILES string of the molecule is c1ccc(-c2ccc3cc(-c4nc(-c5cccc(-c6cccc7ccccc67)c5)nc(-c5cccc(-c6cc7ccccc7c7ccccc67)c5)n4)ccc3c2)cc1. The van der Waals surface area contributed by atoms with E-state index in [2.05, 4.69) is 212 Å². The molecule has 0 saturated heterocycles. The molecular formula is C55H35N3. The van der Waals surface area contributed by atoms with Crippen LogP contribution in [-0.4, -0.2) is 15.0 Å². The summed E-state index contributed by atoms with van der Waals surface area (Å²) in [5.41, 5.74) is 9.77. The molecule has 3 heteroatoms. The van der Waals surface area contributed by atoms with E-state index in [4.69, 9.17) is 15.0 Å². The monoisotopic (exact) mass is 737 g/mol. The Bertz CT molecular complexity index is 3340. The minimum atomic E-state index is 0.627. The van der Waals surface area contributed by atoms with Crippen LogP contribution in [0, 0.1) is 0 Å². The van der Waals surface area contributed by atoms with Gasteiger partial charge in [-0.1, -0.05) is 182 Å². The van der Waals surface area contributed by atoms with Crippen molar-refractivity contribution in [3.8, 4) is 67.5 Å². The average molecular weight is 738 g/mol. The van der Waals surface area contributed by atoms with E-state index in [1.807, 2.05) is 0 Å². The third kappa shape index (κ3) is 6.07. The minimum Gasteiger partial charge on any atom is -0.208 e. The highest BCUT2D eigenvalue weighted by molar-refractivity contribution is 6.14. The van der Waals surface area contributed by atoms with E-state index < -0.39 is 0 Å². The number of aromatic nitrogens is 3. The third-order valence-corrected chi connectivity index (χ3v) is 11.3. The van der Waals surface area contributed by atoms with Gasteiger partial charge in [-0.3, -0.25) is 0 Å². The predicted octanol–water partition coefficient (Wildman–Crippen LogP) is 14.5. The largest absolute Gasteiger partial charge is 0.208 e. The van der Waals surface area contributed by atoms with Crippen molar-refractivity contribution in [2.24, 2.45) is 0 Å². The minimum absolute atomic E-state index is 0.627. The molecule has 0 amide bonds. The molecular weight excluding hydrogens is 703 g/mol. The Hall–Kier alpha value is -7.75. The summed E-state index contributed by atoms with van der Waals surface area (Å²) >= 11 is 0. The fourth-order valence-corrected chi connectivity index (χ4v) is 8.38. The molecule has 0 bridgehead atoms. The van der Waals surface area contributed by atoms with E-state index in [0.29, 0.717) is 17.5 Å². The molecule has 0 saturated carbocycles. The van der Waals surface area contributed by atoms with Gasteiger partial charge < -0.3 is 0 Å². The molecule has 0 atom stereocenters. The van der Waals surface area contributed by atoms with Crippen LogP contribution in [0.5, 0.6) is 0 Å². The van der Waals surface area contributed by atoms with Crippen molar-refractivity contribution in [1.29, 1.82) is 0 Å². The zero-order valence-corrected chi connectivity index (χ0v) is 31.5. The van der Waals surface area contributed by atoms with E-state index in [9.17, 15) is 0 Å². The number of hydrogen-bond acceptors (Lipinski definition) is 3. The van der Waals surface area contributed by atoms with E-state index in [1.54, 1.807) is 0 Å². The average Bonchev–Trinajstić information content (AvgIpc) is 3.31. The first-order valence-electron chi connectivity index (χ1n) is 19.7. The normalized spacial score (nSPS) is 11.4. The van der Waals surface area contributed by atoms with E-state index in [-0.39, 0.29) is 0 Å². The summed E-state index contributed by atoms with van der Waals surface area (Å²) in [4.78, 5) is 15.6. The molecule has 1 heterocycles. The molecule has 58 heavy (non-hydrogen) atoms. The quantitative estimate of drug-likeness (QED) is 0.160. The van der Waals surface area contributed by atoms with Gasteiger partial charge in [-0.15, -0.1) is 0 Å². The lowest BCUT2D eigenvalue weighted by atomic mass is 9.92. The van der Waals surface area contributed by atoms with Gasteiger partial charge in [0.2, 0.25) is 0 Å². The van der Waals surface area contributed by atoms with E-state index in [0.717, 1.165) is 38.6 Å². The summed E-state index contributed by atoms with van der Waals surface area (Å²) in [6.07, 6.45) is 0. The Morgan fingerprint density at radius 1 is 0.207 bits per heavy atom. The van der Waals surface area contributed by atoms with Gasteiger partial charge in [-0.25, -0.2) is 15.0 Å². The molecule has 0 aliphatic rings. The Kier molecular flexibility index (Phi) is 8.15. The van der Waals surface area contributed by atoms with Gasteiger partial charge in [0, 0.05) is 16.7 Å². The van der Waals surface area contributed by atoms with Crippen molar-refractivity contribution in [3.05, 3.63) is 212 Å². The molecule has 11 rings (SSSR count). The van der Waals surface area contributed by atoms with Crippen molar-refractivity contribution in [2.45, 2.75) is 0 Å². The lowest BCUT2D eigenvalue weighted by Crippen LogP contribution is -2.00. The molecule has 0 fully saturated rings. The predicted molar refractivity (Wildman–Crippen MR) is 242 cm³/mol. The van der Waals surface area contributed by atoms with Crippen molar-refractivity contribution < 1.29 is 0 Å². The molecule has 0 radical (unpaired) electrons. The fourth-order valence-electron chi connectivity index (χ4n) is 8.38. The van der Waals surface area contributed by atoms with Crippen LogP contribution in [0.1, 0.15) is 0 Å². The Balaban J connectivity index is 1.07. The lowest BCUT2D eigenvalue weighted by molar-refractivity contribution is 1.07. The molecule has 3 nitrogen and oxygen atoms in total. The molecule has 0 unspecified atom stereocenters. The molecule has 0 aliphatic heterocycles. The lowest BCUT2D eigenvalue weighted by Gasteiger charge is -2.13. The summed E-state index contributed by atoms with van der Waals surface area (Å²) in [5, 5.41) is 9.63. The van der Waals surface area contributed by atoms with Crippen LogP contribution in [0.4, 0.5) is 0 Å². The smallest absolute Gasteiger partial charge is 0.164 e. The maximum atomic E-state index is 5.23. The number of rotatable bonds is 6. The number of fused-ring (bicyclic) bond motifs is 5. The van der Waals surface area contributed by atoms with Crippen LogP contribution >= 0.6 is 0 Å². The summed E-state index contributed by atoms with van der Waals surface area (Å²) < 4.78 is 0. The van der Waals surface area contributed by atoms with Crippen molar-refractivity contribution in [3.63, 3.8) is 0 Å². The highest BCUT2D eigenvalue weighted by atomic mass is 15.0. The molecule has 0 spiro atoms. The summed E-state index contributed by atoms with van der Waals surface area (Å²) in [6.45, 7) is 0. The zero-order valence-electron chi connectivity index (χ0n) is 31.5. The van der Waals surface area contributed by atoms with Crippen LogP contribution in [0.2, 0.25) is 0 Å². The summed E-state index contributed by atoms with van der Waals surface area (Å²) in [6, 6.07) is 75.4. The van der Waals surface area contributed by atoms with Gasteiger partial charge >= 0.3 is 0 Å². The topological polar surface area (TPSA) is 38.7 Å². The second-order valence-corrected chi connectivity index (χ2v) is 14.8. The second-order valence-electron chi connectivity index (χ2n) is 14.8. The summed E-state index contributed by atoms with van der Waals surface area (Å²) in [5.74, 6) is 1.89. The maximum absolute atomic E-state index is 5.23. The van der Waals surface area contributed by atoms with Crippen molar-refractivity contribution in [2.75, 3.05) is 0 Å². The van der Waals surface area contributed by atoms with Gasteiger partial charge in [0.15, 0.2) is 17.5 Å². The molecule has 270 valence electrons. The first-order valence-corrected chi connectivity index (χ1v) is 19.7. The molecule has 1 aromatic heterocycles. The zero-order chi connectivity index (χ0) is 38.4. The standard InChI is InChI=1S/C55H35N3/c1-2-13-36(14-3-1)38-27-28-40-32-46(30-29-39(40)31-38)55-57-53(44-20-10-18-41(33-44)48-26-12-17-37-15-4-6-22-47(37)48)56-54(58-55)45-21-11-19-42(34-45)52-35-43-16-5-7-23-49(43)50-24-8-9-25-51(50)52/h1-35H. The van der Waals surface area contributed by atoms with Crippen LogP contribution in [0.25, 0.3) is 111 Å². The van der Waals surface area contributed by atoms with Crippen molar-refractivity contribution >= 4 is 43.1 Å². The van der Waals surface area contributed by atoms with Gasteiger partial charge in [-0.2, -0.15) is 0 Å². The Labute approximate surface area is 336 Å². The highest BCUT2D eigenvalue weighted by Crippen LogP contribution is 2.37. The first kappa shape index (κ1) is 33.6. The number of benzene rings is 10. The van der Waals surface area contributed by atoms with Gasteiger partial charge in [-0.05, 0) is 107 Å². The van der Waals surface area contributed by atoms with Crippen LogP contribution in [0.15, 0.2) is 212 Å². The summed E-state index contributed by atoms with van der Waals surface area (Å²) in [7, 11) is 0.